The minimum absolute atomic E-state index is 0.292. The Morgan fingerprint density at radius 2 is 1.77 bits per heavy atom. The number of nitrogens with zero attached hydrogens (tertiary/aromatic N) is 2. The zero-order valence-electron chi connectivity index (χ0n) is 14.4. The molecule has 4 aromatic rings. The molecule has 0 spiro atoms. The van der Waals surface area contributed by atoms with Gasteiger partial charge in [0.1, 0.15) is 22.7 Å². The van der Waals surface area contributed by atoms with E-state index in [9.17, 15) is 5.11 Å². The van der Waals surface area contributed by atoms with Crippen LogP contribution in [0, 0.1) is 6.92 Å². The van der Waals surface area contributed by atoms with Crippen molar-refractivity contribution in [2.75, 3.05) is 11.9 Å². The zero-order valence-corrected chi connectivity index (χ0v) is 15.3. The third-order valence-electron chi connectivity index (χ3n) is 4.37. The predicted molar refractivity (Wildman–Crippen MR) is 108 cm³/mol. The lowest BCUT2D eigenvalue weighted by atomic mass is 10.0. The molecule has 2 aromatic heterocycles. The van der Waals surface area contributed by atoms with Gasteiger partial charge >= 0.3 is 0 Å². The van der Waals surface area contributed by atoms with E-state index in [2.05, 4.69) is 46.5 Å². The quantitative estimate of drug-likeness (QED) is 0.524. The van der Waals surface area contributed by atoms with Crippen LogP contribution in [0.5, 0.6) is 5.75 Å². The second kappa shape index (κ2) is 7.14. The number of rotatable bonds is 5. The lowest BCUT2D eigenvalue weighted by Crippen LogP contribution is -2.07. The Hall–Kier alpha value is -2.92. The van der Waals surface area contributed by atoms with Crippen LogP contribution >= 0.6 is 11.3 Å². The number of hydrogen-bond donors (Lipinski definition) is 2. The molecule has 0 bridgehead atoms. The van der Waals surface area contributed by atoms with Crippen LogP contribution in [0.4, 0.5) is 5.82 Å². The minimum atomic E-state index is 0.292. The summed E-state index contributed by atoms with van der Waals surface area (Å²) < 4.78 is 0. The molecule has 0 saturated carbocycles. The Labute approximate surface area is 156 Å². The van der Waals surface area contributed by atoms with E-state index in [1.807, 2.05) is 18.2 Å². The van der Waals surface area contributed by atoms with Crippen LogP contribution in [0.1, 0.15) is 10.4 Å². The molecule has 0 atom stereocenters. The summed E-state index contributed by atoms with van der Waals surface area (Å²) in [5.41, 5.74) is 3.57. The lowest BCUT2D eigenvalue weighted by molar-refractivity contribution is 0.475. The molecule has 5 heteroatoms. The first-order chi connectivity index (χ1) is 12.7. The maximum atomic E-state index is 9.39. The standard InChI is InChI=1S/C21H19N3OS/c1-14-18(16-5-3-2-4-6-16)19-20(23-13-24-21(19)26-14)22-12-11-15-7-9-17(25)10-8-15/h2-10,13,25H,11-12H2,1H3,(H,22,23,24). The predicted octanol–water partition coefficient (Wildman–Crippen LogP) is 5.03. The Kier molecular flexibility index (Phi) is 4.54. The normalized spacial score (nSPS) is 11.0. The molecule has 130 valence electrons. The number of nitrogens with one attached hydrogen (secondary N) is 1. The first-order valence-electron chi connectivity index (χ1n) is 8.53. The molecular weight excluding hydrogens is 342 g/mol. The number of phenolic OH excluding ortho intramolecular Hbond substituents is 1. The van der Waals surface area contributed by atoms with Crippen molar-refractivity contribution in [3.63, 3.8) is 0 Å². The van der Waals surface area contributed by atoms with Gasteiger partial charge in [-0.15, -0.1) is 11.3 Å². The van der Waals surface area contributed by atoms with Crippen molar-refractivity contribution in [3.05, 3.63) is 71.4 Å². The summed E-state index contributed by atoms with van der Waals surface area (Å²) >= 11 is 1.70. The molecule has 0 aliphatic carbocycles. The van der Waals surface area contributed by atoms with Gasteiger partial charge in [0.2, 0.25) is 0 Å². The van der Waals surface area contributed by atoms with E-state index in [4.69, 9.17) is 0 Å². The zero-order chi connectivity index (χ0) is 17.9. The van der Waals surface area contributed by atoms with Crippen LogP contribution in [0.3, 0.4) is 0 Å². The molecule has 2 heterocycles. The topological polar surface area (TPSA) is 58.0 Å². The van der Waals surface area contributed by atoms with Crippen LogP contribution < -0.4 is 5.32 Å². The Morgan fingerprint density at radius 1 is 1.00 bits per heavy atom. The third-order valence-corrected chi connectivity index (χ3v) is 5.38. The van der Waals surface area contributed by atoms with Crippen molar-refractivity contribution in [1.29, 1.82) is 0 Å². The lowest BCUT2D eigenvalue weighted by Gasteiger charge is -2.09. The average molecular weight is 361 g/mol. The molecule has 26 heavy (non-hydrogen) atoms. The fraction of sp³-hybridized carbons (Fsp3) is 0.143. The molecule has 0 aliphatic heterocycles. The fourth-order valence-electron chi connectivity index (χ4n) is 3.12. The molecule has 0 amide bonds. The smallest absolute Gasteiger partial charge is 0.138 e. The van der Waals surface area contributed by atoms with Crippen LogP contribution in [-0.2, 0) is 6.42 Å². The summed E-state index contributed by atoms with van der Waals surface area (Å²) in [4.78, 5) is 11.2. The number of phenols is 1. The molecule has 4 rings (SSSR count). The SMILES string of the molecule is Cc1sc2ncnc(NCCc3ccc(O)cc3)c2c1-c1ccccc1. The summed E-state index contributed by atoms with van der Waals surface area (Å²) in [6.45, 7) is 2.90. The van der Waals surface area contributed by atoms with Gasteiger partial charge in [0.15, 0.2) is 0 Å². The van der Waals surface area contributed by atoms with Crippen molar-refractivity contribution >= 4 is 27.4 Å². The number of benzene rings is 2. The van der Waals surface area contributed by atoms with E-state index < -0.39 is 0 Å². The maximum Gasteiger partial charge on any atom is 0.138 e. The molecule has 2 aromatic carbocycles. The van der Waals surface area contributed by atoms with Crippen molar-refractivity contribution in [1.82, 2.24) is 9.97 Å². The van der Waals surface area contributed by atoms with Crippen molar-refractivity contribution in [2.45, 2.75) is 13.3 Å². The number of hydrogen-bond acceptors (Lipinski definition) is 5. The fourth-order valence-corrected chi connectivity index (χ4v) is 4.13. The van der Waals surface area contributed by atoms with Crippen molar-refractivity contribution in [3.8, 4) is 16.9 Å². The molecule has 0 aliphatic rings. The molecule has 4 nitrogen and oxygen atoms in total. The van der Waals surface area contributed by atoms with Gasteiger partial charge in [0.05, 0.1) is 5.39 Å². The highest BCUT2D eigenvalue weighted by Crippen LogP contribution is 2.40. The van der Waals surface area contributed by atoms with Gasteiger partial charge in [-0.2, -0.15) is 0 Å². The highest BCUT2D eigenvalue weighted by molar-refractivity contribution is 7.19. The maximum absolute atomic E-state index is 9.39. The van der Waals surface area contributed by atoms with Crippen molar-refractivity contribution < 1.29 is 5.11 Å². The molecule has 0 saturated heterocycles. The number of aromatic hydroxyl groups is 1. The van der Waals surface area contributed by atoms with Gasteiger partial charge in [-0.1, -0.05) is 42.5 Å². The van der Waals surface area contributed by atoms with E-state index in [-0.39, 0.29) is 0 Å². The molecule has 0 radical (unpaired) electrons. The van der Waals surface area contributed by atoms with Gasteiger partial charge < -0.3 is 10.4 Å². The summed E-state index contributed by atoms with van der Waals surface area (Å²) in [6, 6.07) is 17.7. The summed E-state index contributed by atoms with van der Waals surface area (Å²) in [7, 11) is 0. The van der Waals surface area contributed by atoms with Crippen LogP contribution in [0.2, 0.25) is 0 Å². The molecule has 0 unspecified atom stereocenters. The summed E-state index contributed by atoms with van der Waals surface area (Å²) in [6.07, 6.45) is 2.48. The van der Waals surface area contributed by atoms with E-state index >= 15 is 0 Å². The number of aromatic nitrogens is 2. The van der Waals surface area contributed by atoms with Gasteiger partial charge in [-0.3, -0.25) is 0 Å². The molecular formula is C21H19N3OS. The highest BCUT2D eigenvalue weighted by Gasteiger charge is 2.16. The Morgan fingerprint density at radius 3 is 2.54 bits per heavy atom. The number of fused-ring (bicyclic) bond motifs is 1. The summed E-state index contributed by atoms with van der Waals surface area (Å²) in [5, 5.41) is 13.9. The largest absolute Gasteiger partial charge is 0.508 e. The van der Waals surface area contributed by atoms with E-state index in [0.717, 1.165) is 29.0 Å². The van der Waals surface area contributed by atoms with Gasteiger partial charge in [0, 0.05) is 17.0 Å². The van der Waals surface area contributed by atoms with Crippen LogP contribution in [0.15, 0.2) is 60.9 Å². The van der Waals surface area contributed by atoms with Gasteiger partial charge in [-0.25, -0.2) is 9.97 Å². The molecule has 2 N–H and O–H groups in total. The number of thiophene rings is 1. The number of anilines is 1. The molecule has 0 fully saturated rings. The van der Waals surface area contributed by atoms with E-state index in [1.165, 1.54) is 21.6 Å². The van der Waals surface area contributed by atoms with Crippen LogP contribution in [-0.4, -0.2) is 21.6 Å². The monoisotopic (exact) mass is 361 g/mol. The highest BCUT2D eigenvalue weighted by atomic mass is 32.1. The second-order valence-electron chi connectivity index (χ2n) is 6.14. The van der Waals surface area contributed by atoms with Gasteiger partial charge in [0.25, 0.3) is 0 Å². The third kappa shape index (κ3) is 3.26. The Bertz CT molecular complexity index is 1030. The first kappa shape index (κ1) is 16.5. The van der Waals surface area contributed by atoms with Gasteiger partial charge in [-0.05, 0) is 36.6 Å². The average Bonchev–Trinajstić information content (AvgIpc) is 3.01. The van der Waals surface area contributed by atoms with Crippen molar-refractivity contribution in [2.24, 2.45) is 0 Å². The van der Waals surface area contributed by atoms with Crippen LogP contribution in [0.25, 0.3) is 21.3 Å². The second-order valence-corrected chi connectivity index (χ2v) is 7.35. The summed E-state index contributed by atoms with van der Waals surface area (Å²) in [5.74, 6) is 1.16. The van der Waals surface area contributed by atoms with E-state index in [1.54, 1.807) is 29.8 Å². The Balaban J connectivity index is 1.64. The van der Waals surface area contributed by atoms with E-state index in [0.29, 0.717) is 5.75 Å². The minimum Gasteiger partial charge on any atom is -0.508 e. The number of aryl methyl sites for hydroxylation is 1. The first-order valence-corrected chi connectivity index (χ1v) is 9.35.